The Hall–Kier alpha value is -2.40. The second-order valence-electron chi connectivity index (χ2n) is 8.49. The van der Waals surface area contributed by atoms with Gasteiger partial charge in [-0.25, -0.2) is 0 Å². The fourth-order valence-corrected chi connectivity index (χ4v) is 3.83. The normalized spacial score (nSPS) is 11.4. The van der Waals surface area contributed by atoms with Crippen LogP contribution in [0.25, 0.3) is 0 Å². The summed E-state index contributed by atoms with van der Waals surface area (Å²) in [6, 6.07) is 12.3. The van der Waals surface area contributed by atoms with Gasteiger partial charge in [0.15, 0.2) is 0 Å². The number of anilines is 4. The molecule has 0 fully saturated rings. The third-order valence-corrected chi connectivity index (χ3v) is 5.71. The van der Waals surface area contributed by atoms with Crippen molar-refractivity contribution in [2.24, 2.45) is 0 Å². The fraction of sp³-hybridized carbons (Fsp3) is 0.500. The van der Waals surface area contributed by atoms with E-state index in [9.17, 15) is 0 Å². The van der Waals surface area contributed by atoms with Gasteiger partial charge in [-0.05, 0) is 67.8 Å². The van der Waals surface area contributed by atoms with E-state index in [-0.39, 0.29) is 0 Å². The molecule has 5 heteroatoms. The van der Waals surface area contributed by atoms with Gasteiger partial charge in [0.2, 0.25) is 0 Å². The zero-order valence-corrected chi connectivity index (χ0v) is 18.7. The van der Waals surface area contributed by atoms with Gasteiger partial charge >= 0.3 is 0 Å². The van der Waals surface area contributed by atoms with Crippen molar-refractivity contribution >= 4 is 22.7 Å². The van der Waals surface area contributed by atoms with Crippen molar-refractivity contribution in [3.05, 3.63) is 47.5 Å². The molecule has 0 aliphatic carbocycles. The zero-order chi connectivity index (χ0) is 21.3. The van der Waals surface area contributed by atoms with E-state index >= 15 is 0 Å². The first-order chi connectivity index (χ1) is 13.8. The van der Waals surface area contributed by atoms with Crippen molar-refractivity contribution in [2.45, 2.75) is 40.0 Å². The number of benzene rings is 2. The molecule has 2 aromatic carbocycles. The summed E-state index contributed by atoms with van der Waals surface area (Å²) in [6.07, 6.45) is 3.53. The van der Waals surface area contributed by atoms with Gasteiger partial charge in [-0.15, -0.1) is 0 Å². The summed E-state index contributed by atoms with van der Waals surface area (Å²) in [5.41, 5.74) is 18.1. The predicted molar refractivity (Wildman–Crippen MR) is 128 cm³/mol. The molecular weight excluding hydrogens is 358 g/mol. The Morgan fingerprint density at radius 2 is 1.21 bits per heavy atom. The molecule has 0 amide bonds. The van der Waals surface area contributed by atoms with E-state index in [2.05, 4.69) is 62.7 Å². The lowest BCUT2D eigenvalue weighted by Crippen LogP contribution is -2.47. The summed E-state index contributed by atoms with van der Waals surface area (Å²) in [6.45, 7) is 12.0. The van der Waals surface area contributed by atoms with Crippen molar-refractivity contribution in [3.63, 3.8) is 0 Å². The molecule has 0 saturated heterocycles. The highest BCUT2D eigenvalue weighted by atomic mass is 15.3. The second-order valence-corrected chi connectivity index (χ2v) is 8.49. The minimum atomic E-state index is 0.852. The van der Waals surface area contributed by atoms with Gasteiger partial charge in [-0.2, -0.15) is 0 Å². The van der Waals surface area contributed by atoms with Crippen molar-refractivity contribution in [1.29, 1.82) is 0 Å². The van der Waals surface area contributed by atoms with E-state index in [1.165, 1.54) is 26.1 Å². The summed E-state index contributed by atoms with van der Waals surface area (Å²) in [4.78, 5) is 0. The Morgan fingerprint density at radius 3 is 1.59 bits per heavy atom. The van der Waals surface area contributed by atoms with Crippen LogP contribution < -0.4 is 22.1 Å². The monoisotopic (exact) mass is 398 g/mol. The molecule has 0 saturated carbocycles. The Bertz CT molecular complexity index is 712. The summed E-state index contributed by atoms with van der Waals surface area (Å²) < 4.78 is 1.13. The van der Waals surface area contributed by atoms with E-state index in [1.54, 1.807) is 0 Å². The first-order valence-corrected chi connectivity index (χ1v) is 10.9. The van der Waals surface area contributed by atoms with Crippen LogP contribution in [0.5, 0.6) is 0 Å². The maximum atomic E-state index is 5.90. The third-order valence-electron chi connectivity index (χ3n) is 5.71. The highest BCUT2D eigenvalue weighted by molar-refractivity contribution is 5.57. The van der Waals surface area contributed by atoms with E-state index in [0.29, 0.717) is 0 Å². The van der Waals surface area contributed by atoms with Crippen molar-refractivity contribution in [3.8, 4) is 0 Å². The van der Waals surface area contributed by atoms with E-state index in [0.717, 1.165) is 64.3 Å². The molecule has 0 unspecified atom stereocenters. The van der Waals surface area contributed by atoms with Crippen molar-refractivity contribution in [1.82, 2.24) is 0 Å². The number of hydrogen-bond acceptors (Lipinski definition) is 4. The standard InChI is InChI=1S/C24H40N5/c1-5-14-29(4,15-6-12-27-21-8-10-23(25)19(2)17-21)16-7-13-28-22-9-11-24(26)20(3)18-22/h8-11,17-18,27-28H,5-7,12-16,25-26H2,1-4H3/q+1. The van der Waals surface area contributed by atoms with E-state index in [1.807, 2.05) is 12.1 Å². The van der Waals surface area contributed by atoms with Crippen LogP contribution in [0.2, 0.25) is 0 Å². The van der Waals surface area contributed by atoms with E-state index in [4.69, 9.17) is 11.5 Å². The van der Waals surface area contributed by atoms with Gasteiger partial charge in [0, 0.05) is 48.7 Å². The second kappa shape index (κ2) is 11.0. The van der Waals surface area contributed by atoms with Crippen molar-refractivity contribution in [2.75, 3.05) is 61.9 Å². The van der Waals surface area contributed by atoms with Gasteiger partial charge in [-0.3, -0.25) is 0 Å². The highest BCUT2D eigenvalue weighted by Gasteiger charge is 2.19. The first kappa shape index (κ1) is 22.9. The van der Waals surface area contributed by atoms with Crippen LogP contribution in [0.4, 0.5) is 22.7 Å². The minimum Gasteiger partial charge on any atom is -0.399 e. The lowest BCUT2D eigenvalue weighted by Gasteiger charge is -2.34. The highest BCUT2D eigenvalue weighted by Crippen LogP contribution is 2.18. The maximum Gasteiger partial charge on any atom is 0.0801 e. The van der Waals surface area contributed by atoms with Crippen LogP contribution in [0.15, 0.2) is 36.4 Å². The molecule has 0 radical (unpaired) electrons. The quantitative estimate of drug-likeness (QED) is 0.239. The van der Waals surface area contributed by atoms with Crippen LogP contribution in [0.1, 0.15) is 37.3 Å². The maximum absolute atomic E-state index is 5.90. The van der Waals surface area contributed by atoms with Gasteiger partial charge in [-0.1, -0.05) is 6.92 Å². The molecule has 0 spiro atoms. The molecule has 0 atom stereocenters. The minimum absolute atomic E-state index is 0.852. The Labute approximate surface area is 177 Å². The third kappa shape index (κ3) is 7.50. The average Bonchev–Trinajstić information content (AvgIpc) is 2.68. The number of nitrogen functional groups attached to an aromatic ring is 2. The SMILES string of the molecule is CCC[N+](C)(CCCNc1ccc(N)c(C)c1)CCCNc1ccc(N)c(C)c1. The largest absolute Gasteiger partial charge is 0.399 e. The number of nitrogens with one attached hydrogen (secondary N) is 2. The van der Waals surface area contributed by atoms with Crippen LogP contribution in [0, 0.1) is 13.8 Å². The zero-order valence-electron chi connectivity index (χ0n) is 18.7. The molecule has 6 N–H and O–H groups in total. The molecule has 0 aliphatic heterocycles. The summed E-state index contributed by atoms with van der Waals surface area (Å²) in [7, 11) is 2.39. The van der Waals surface area contributed by atoms with Crippen LogP contribution in [-0.4, -0.2) is 44.3 Å². The summed E-state index contributed by atoms with van der Waals surface area (Å²) in [5, 5.41) is 7.08. The predicted octanol–water partition coefficient (Wildman–Crippen LogP) is 4.63. The lowest BCUT2D eigenvalue weighted by molar-refractivity contribution is -0.909. The molecule has 0 heterocycles. The number of nitrogens with zero attached hydrogens (tertiary/aromatic N) is 1. The number of rotatable bonds is 12. The Kier molecular flexibility index (Phi) is 8.65. The van der Waals surface area contributed by atoms with Crippen molar-refractivity contribution < 1.29 is 4.48 Å². The van der Waals surface area contributed by atoms with Crippen LogP contribution in [0.3, 0.4) is 0 Å². The molecule has 0 aromatic heterocycles. The molecule has 5 nitrogen and oxygen atoms in total. The van der Waals surface area contributed by atoms with Crippen LogP contribution in [-0.2, 0) is 0 Å². The molecule has 0 bridgehead atoms. The number of aryl methyl sites for hydroxylation is 2. The van der Waals surface area contributed by atoms with Gasteiger partial charge in [0.05, 0.1) is 26.7 Å². The topological polar surface area (TPSA) is 76.1 Å². The number of quaternary nitrogens is 1. The van der Waals surface area contributed by atoms with E-state index < -0.39 is 0 Å². The average molecular weight is 399 g/mol. The summed E-state index contributed by atoms with van der Waals surface area (Å²) in [5.74, 6) is 0. The molecule has 2 rings (SSSR count). The summed E-state index contributed by atoms with van der Waals surface area (Å²) >= 11 is 0. The van der Waals surface area contributed by atoms with Gasteiger partial charge in [0.1, 0.15) is 0 Å². The van der Waals surface area contributed by atoms with Gasteiger partial charge in [0.25, 0.3) is 0 Å². The Balaban J connectivity index is 1.74. The fourth-order valence-electron chi connectivity index (χ4n) is 3.83. The molecule has 0 aliphatic rings. The molecule has 2 aromatic rings. The smallest absolute Gasteiger partial charge is 0.0801 e. The number of nitrogens with two attached hydrogens (primary N) is 2. The first-order valence-electron chi connectivity index (χ1n) is 10.9. The molecule has 160 valence electrons. The molecule has 29 heavy (non-hydrogen) atoms. The van der Waals surface area contributed by atoms with Gasteiger partial charge < -0.3 is 26.6 Å². The molecular formula is C24H40N5+. The van der Waals surface area contributed by atoms with Crippen LogP contribution >= 0.6 is 0 Å². The Morgan fingerprint density at radius 1 is 0.759 bits per heavy atom. The lowest BCUT2D eigenvalue weighted by atomic mass is 10.2. The number of hydrogen-bond donors (Lipinski definition) is 4.